The van der Waals surface area contributed by atoms with Crippen LogP contribution in [-0.4, -0.2) is 54.5 Å². The van der Waals surface area contributed by atoms with Crippen molar-refractivity contribution in [3.63, 3.8) is 0 Å². The third-order valence-electron chi connectivity index (χ3n) is 5.10. The van der Waals surface area contributed by atoms with Crippen LogP contribution in [0.2, 0.25) is 5.02 Å². The number of urea groups is 1. The molecule has 26 heavy (non-hydrogen) atoms. The normalized spacial score (nSPS) is 23.0. The number of nitrogens with zero attached hydrogens (tertiary/aromatic N) is 2. The van der Waals surface area contributed by atoms with Crippen LogP contribution in [0, 0.1) is 6.92 Å². The van der Waals surface area contributed by atoms with Gasteiger partial charge in [-0.25, -0.2) is 4.79 Å². The Bertz CT molecular complexity index is 746. The molecule has 3 rings (SSSR count). The number of anilines is 1. The maximum Gasteiger partial charge on any atom is 0.322 e. The van der Waals surface area contributed by atoms with E-state index in [2.05, 4.69) is 15.5 Å². The maximum atomic E-state index is 12.5. The summed E-state index contributed by atoms with van der Waals surface area (Å²) in [6, 6.07) is 5.32. The standard InChI is InChI=1S/C18H23ClN4O3/c1-12-3-4-13(19)11-14(12)22-7-9-23(10-8-22)15(24)5-6-18(2)16(25)20-17(26)21-18/h3-4,11H,5-10H2,1-2H3,(H2,20,21,25,26). The zero-order chi connectivity index (χ0) is 18.9. The quantitative estimate of drug-likeness (QED) is 0.781. The monoisotopic (exact) mass is 378 g/mol. The van der Waals surface area contributed by atoms with Gasteiger partial charge in [0.05, 0.1) is 0 Å². The lowest BCUT2D eigenvalue weighted by molar-refractivity contribution is -0.132. The minimum Gasteiger partial charge on any atom is -0.368 e. The summed E-state index contributed by atoms with van der Waals surface area (Å²) < 4.78 is 0. The first-order valence-corrected chi connectivity index (χ1v) is 9.09. The van der Waals surface area contributed by atoms with E-state index in [-0.39, 0.29) is 24.7 Å². The van der Waals surface area contributed by atoms with Gasteiger partial charge in [-0.2, -0.15) is 0 Å². The molecule has 8 heteroatoms. The number of piperazine rings is 1. The topological polar surface area (TPSA) is 81.8 Å². The predicted octanol–water partition coefficient (Wildman–Crippen LogP) is 1.68. The van der Waals surface area contributed by atoms with Crippen LogP contribution in [0.25, 0.3) is 0 Å². The van der Waals surface area contributed by atoms with Gasteiger partial charge in [-0.1, -0.05) is 17.7 Å². The molecule has 7 nitrogen and oxygen atoms in total. The van der Waals surface area contributed by atoms with E-state index in [1.54, 1.807) is 6.92 Å². The van der Waals surface area contributed by atoms with Gasteiger partial charge in [0.25, 0.3) is 5.91 Å². The molecule has 2 N–H and O–H groups in total. The average Bonchev–Trinajstić information content (AvgIpc) is 2.87. The molecule has 0 aliphatic carbocycles. The van der Waals surface area contributed by atoms with E-state index in [0.29, 0.717) is 18.1 Å². The number of aryl methyl sites for hydroxylation is 1. The van der Waals surface area contributed by atoms with Gasteiger partial charge in [0.2, 0.25) is 5.91 Å². The molecule has 0 aromatic heterocycles. The summed E-state index contributed by atoms with van der Waals surface area (Å²) in [5, 5.41) is 5.50. The molecule has 0 bridgehead atoms. The number of halogens is 1. The number of nitrogens with one attached hydrogen (secondary N) is 2. The van der Waals surface area contributed by atoms with Gasteiger partial charge < -0.3 is 15.1 Å². The van der Waals surface area contributed by atoms with Gasteiger partial charge in [-0.05, 0) is 38.0 Å². The Morgan fingerprint density at radius 1 is 1.23 bits per heavy atom. The lowest BCUT2D eigenvalue weighted by atomic mass is 9.96. The number of carbonyl (C=O) groups excluding carboxylic acids is 3. The van der Waals surface area contributed by atoms with Crippen molar-refractivity contribution >= 4 is 35.1 Å². The molecule has 0 saturated carbocycles. The predicted molar refractivity (Wildman–Crippen MR) is 99.3 cm³/mol. The van der Waals surface area contributed by atoms with E-state index in [9.17, 15) is 14.4 Å². The van der Waals surface area contributed by atoms with Crippen LogP contribution >= 0.6 is 11.6 Å². The van der Waals surface area contributed by atoms with Crippen molar-refractivity contribution < 1.29 is 14.4 Å². The number of amides is 4. The molecule has 140 valence electrons. The molecule has 2 aliphatic rings. The highest BCUT2D eigenvalue weighted by molar-refractivity contribution is 6.30. The summed E-state index contributed by atoms with van der Waals surface area (Å²) in [4.78, 5) is 39.6. The number of rotatable bonds is 4. The van der Waals surface area contributed by atoms with Gasteiger partial charge >= 0.3 is 6.03 Å². The van der Waals surface area contributed by atoms with Crippen LogP contribution in [0.4, 0.5) is 10.5 Å². The molecule has 1 aromatic carbocycles. The summed E-state index contributed by atoms with van der Waals surface area (Å²) in [7, 11) is 0. The van der Waals surface area contributed by atoms with Crippen LogP contribution in [0.15, 0.2) is 18.2 Å². The smallest absolute Gasteiger partial charge is 0.322 e. The molecule has 1 atom stereocenters. The highest BCUT2D eigenvalue weighted by Gasteiger charge is 2.42. The van der Waals surface area contributed by atoms with Crippen molar-refractivity contribution in [2.45, 2.75) is 32.2 Å². The van der Waals surface area contributed by atoms with Crippen LogP contribution < -0.4 is 15.5 Å². The fourth-order valence-electron chi connectivity index (χ4n) is 3.39. The second-order valence-electron chi connectivity index (χ2n) is 7.04. The van der Waals surface area contributed by atoms with E-state index in [0.717, 1.165) is 24.3 Å². The van der Waals surface area contributed by atoms with Crippen molar-refractivity contribution in [1.29, 1.82) is 0 Å². The Kier molecular flexibility index (Phi) is 5.09. The Morgan fingerprint density at radius 3 is 2.54 bits per heavy atom. The van der Waals surface area contributed by atoms with Gasteiger partial charge in [0, 0.05) is 43.3 Å². The lowest BCUT2D eigenvalue weighted by Crippen LogP contribution is -2.50. The van der Waals surface area contributed by atoms with Gasteiger partial charge in [-0.15, -0.1) is 0 Å². The van der Waals surface area contributed by atoms with Gasteiger partial charge in [-0.3, -0.25) is 14.9 Å². The highest BCUT2D eigenvalue weighted by Crippen LogP contribution is 2.25. The molecule has 0 spiro atoms. The Morgan fingerprint density at radius 2 is 1.92 bits per heavy atom. The maximum absolute atomic E-state index is 12.5. The van der Waals surface area contributed by atoms with E-state index in [4.69, 9.17) is 11.6 Å². The van der Waals surface area contributed by atoms with E-state index in [1.165, 1.54) is 0 Å². The number of carbonyl (C=O) groups is 3. The Balaban J connectivity index is 1.53. The zero-order valence-corrected chi connectivity index (χ0v) is 15.7. The van der Waals surface area contributed by atoms with E-state index in [1.807, 2.05) is 30.0 Å². The van der Waals surface area contributed by atoms with Crippen LogP contribution in [0.5, 0.6) is 0 Å². The number of hydrogen-bond donors (Lipinski definition) is 2. The Hall–Kier alpha value is -2.28. The molecule has 2 aliphatic heterocycles. The zero-order valence-electron chi connectivity index (χ0n) is 15.0. The minimum atomic E-state index is -1.01. The molecule has 2 saturated heterocycles. The van der Waals surface area contributed by atoms with E-state index < -0.39 is 11.6 Å². The fraction of sp³-hybridized carbons (Fsp3) is 0.500. The summed E-state index contributed by atoms with van der Waals surface area (Å²) in [6.45, 7) is 6.41. The first kappa shape index (κ1) is 18.5. The fourth-order valence-corrected chi connectivity index (χ4v) is 3.56. The first-order valence-electron chi connectivity index (χ1n) is 8.71. The molecular weight excluding hydrogens is 356 g/mol. The molecule has 2 fully saturated rings. The second kappa shape index (κ2) is 7.15. The van der Waals surface area contributed by atoms with Crippen molar-refractivity contribution in [3.05, 3.63) is 28.8 Å². The molecule has 2 heterocycles. The second-order valence-corrected chi connectivity index (χ2v) is 7.48. The molecular formula is C18H23ClN4O3. The SMILES string of the molecule is Cc1ccc(Cl)cc1N1CCN(C(=O)CCC2(C)NC(=O)NC2=O)CC1. The third kappa shape index (κ3) is 3.77. The molecule has 1 aromatic rings. The average molecular weight is 379 g/mol. The van der Waals surface area contributed by atoms with Crippen molar-refractivity contribution in [2.24, 2.45) is 0 Å². The number of benzene rings is 1. The van der Waals surface area contributed by atoms with Gasteiger partial charge in [0.1, 0.15) is 5.54 Å². The summed E-state index contributed by atoms with van der Waals surface area (Å²) >= 11 is 6.10. The third-order valence-corrected chi connectivity index (χ3v) is 5.34. The number of imide groups is 1. The summed E-state index contributed by atoms with van der Waals surface area (Å²) in [5.41, 5.74) is 1.25. The molecule has 4 amide bonds. The number of hydrogen-bond acceptors (Lipinski definition) is 4. The van der Waals surface area contributed by atoms with Crippen molar-refractivity contribution in [1.82, 2.24) is 15.5 Å². The van der Waals surface area contributed by atoms with Gasteiger partial charge in [0.15, 0.2) is 0 Å². The van der Waals surface area contributed by atoms with Crippen LogP contribution in [0.3, 0.4) is 0 Å². The summed E-state index contributed by atoms with van der Waals surface area (Å²) in [5.74, 6) is -0.376. The van der Waals surface area contributed by atoms with Crippen LogP contribution in [0.1, 0.15) is 25.3 Å². The lowest BCUT2D eigenvalue weighted by Gasteiger charge is -2.37. The largest absolute Gasteiger partial charge is 0.368 e. The van der Waals surface area contributed by atoms with E-state index >= 15 is 0 Å². The van der Waals surface area contributed by atoms with Crippen molar-refractivity contribution in [3.8, 4) is 0 Å². The molecule has 0 radical (unpaired) electrons. The van der Waals surface area contributed by atoms with Crippen LogP contribution in [-0.2, 0) is 9.59 Å². The Labute approximate surface area is 157 Å². The summed E-state index contributed by atoms with van der Waals surface area (Å²) in [6.07, 6.45) is 0.511. The molecule has 1 unspecified atom stereocenters. The first-order chi connectivity index (χ1) is 12.3. The van der Waals surface area contributed by atoms with Crippen molar-refractivity contribution in [2.75, 3.05) is 31.1 Å². The minimum absolute atomic E-state index is 0.00244. The highest BCUT2D eigenvalue weighted by atomic mass is 35.5.